The zero-order valence-electron chi connectivity index (χ0n) is 11.0. The lowest BCUT2D eigenvalue weighted by Crippen LogP contribution is -2.48. The molecule has 4 heteroatoms. The smallest absolute Gasteiger partial charge is 0.0775 e. The highest BCUT2D eigenvalue weighted by molar-refractivity contribution is 7.09. The maximum absolute atomic E-state index is 4.57. The van der Waals surface area contributed by atoms with Crippen LogP contribution in [0.2, 0.25) is 0 Å². The van der Waals surface area contributed by atoms with Gasteiger partial charge in [-0.05, 0) is 37.8 Å². The fourth-order valence-electron chi connectivity index (χ4n) is 2.62. The van der Waals surface area contributed by atoms with Crippen LogP contribution >= 0.6 is 11.3 Å². The van der Waals surface area contributed by atoms with Crippen LogP contribution in [-0.4, -0.2) is 34.3 Å². The van der Waals surface area contributed by atoms with Gasteiger partial charge in [-0.3, -0.25) is 9.58 Å². The molecule has 2 aromatic rings. The summed E-state index contributed by atoms with van der Waals surface area (Å²) in [4.78, 5) is 4.01. The Kier molecular flexibility index (Phi) is 3.22. The molecule has 0 amide bonds. The third-order valence-corrected chi connectivity index (χ3v) is 4.52. The number of rotatable bonds is 4. The van der Waals surface area contributed by atoms with Crippen LogP contribution in [0, 0.1) is 13.8 Å². The second kappa shape index (κ2) is 4.86. The van der Waals surface area contributed by atoms with Crippen molar-refractivity contribution < 1.29 is 0 Å². The van der Waals surface area contributed by atoms with Gasteiger partial charge in [-0.1, -0.05) is 6.07 Å². The standard InChI is InChI=1S/C14H19N3S/c1-11-8-12(2)17(15-11)13-9-16(10-13)6-5-14-4-3-7-18-14/h3-4,7-8,13H,5-6,9-10H2,1-2H3. The fraction of sp³-hybridized carbons (Fsp3) is 0.500. The SMILES string of the molecule is Cc1cc(C)n(C2CN(CCc3cccs3)C2)n1. The molecule has 0 atom stereocenters. The van der Waals surface area contributed by atoms with Gasteiger partial charge in [0.15, 0.2) is 0 Å². The Labute approximate surface area is 112 Å². The molecular weight excluding hydrogens is 242 g/mol. The predicted molar refractivity (Wildman–Crippen MR) is 75.2 cm³/mol. The van der Waals surface area contributed by atoms with E-state index in [9.17, 15) is 0 Å². The largest absolute Gasteiger partial charge is 0.299 e. The number of aryl methyl sites for hydroxylation is 2. The summed E-state index contributed by atoms with van der Waals surface area (Å²) in [5.74, 6) is 0. The van der Waals surface area contributed by atoms with Crippen LogP contribution in [0.5, 0.6) is 0 Å². The molecule has 96 valence electrons. The van der Waals surface area contributed by atoms with E-state index in [0.29, 0.717) is 6.04 Å². The molecule has 0 aliphatic carbocycles. The first kappa shape index (κ1) is 11.9. The molecule has 0 radical (unpaired) electrons. The summed E-state index contributed by atoms with van der Waals surface area (Å²) in [6.45, 7) is 7.68. The Morgan fingerprint density at radius 1 is 1.39 bits per heavy atom. The number of aromatic nitrogens is 2. The average Bonchev–Trinajstić information content (AvgIpc) is 2.87. The van der Waals surface area contributed by atoms with Crippen molar-refractivity contribution in [3.63, 3.8) is 0 Å². The van der Waals surface area contributed by atoms with Crippen LogP contribution in [0.1, 0.15) is 22.3 Å². The minimum absolute atomic E-state index is 0.585. The molecule has 3 rings (SSSR count). The summed E-state index contributed by atoms with van der Waals surface area (Å²) < 4.78 is 2.19. The fourth-order valence-corrected chi connectivity index (χ4v) is 3.32. The molecule has 0 bridgehead atoms. The molecule has 3 heterocycles. The highest BCUT2D eigenvalue weighted by Gasteiger charge is 2.29. The molecular formula is C14H19N3S. The summed E-state index contributed by atoms with van der Waals surface area (Å²) in [7, 11) is 0. The van der Waals surface area contributed by atoms with Crippen molar-refractivity contribution in [3.05, 3.63) is 39.8 Å². The Morgan fingerprint density at radius 2 is 2.22 bits per heavy atom. The van der Waals surface area contributed by atoms with Crippen molar-refractivity contribution in [2.24, 2.45) is 0 Å². The van der Waals surface area contributed by atoms with E-state index in [1.807, 2.05) is 11.3 Å². The van der Waals surface area contributed by atoms with Crippen molar-refractivity contribution >= 4 is 11.3 Å². The van der Waals surface area contributed by atoms with Crippen LogP contribution in [-0.2, 0) is 6.42 Å². The first-order chi connectivity index (χ1) is 8.72. The van der Waals surface area contributed by atoms with E-state index in [1.54, 1.807) is 0 Å². The van der Waals surface area contributed by atoms with E-state index in [-0.39, 0.29) is 0 Å². The van der Waals surface area contributed by atoms with Crippen LogP contribution in [0.3, 0.4) is 0 Å². The van der Waals surface area contributed by atoms with Gasteiger partial charge in [0.1, 0.15) is 0 Å². The lowest BCUT2D eigenvalue weighted by atomic mass is 10.1. The topological polar surface area (TPSA) is 21.1 Å². The van der Waals surface area contributed by atoms with E-state index < -0.39 is 0 Å². The molecule has 1 saturated heterocycles. The summed E-state index contributed by atoms with van der Waals surface area (Å²) in [5, 5.41) is 6.73. The highest BCUT2D eigenvalue weighted by atomic mass is 32.1. The van der Waals surface area contributed by atoms with Crippen LogP contribution in [0.25, 0.3) is 0 Å². The molecule has 0 spiro atoms. The van der Waals surface area contributed by atoms with Gasteiger partial charge in [-0.25, -0.2) is 0 Å². The predicted octanol–water partition coefficient (Wildman–Crippen LogP) is 2.66. The zero-order valence-corrected chi connectivity index (χ0v) is 11.8. The number of likely N-dealkylation sites (tertiary alicyclic amines) is 1. The third kappa shape index (κ3) is 2.35. The second-order valence-corrected chi connectivity index (χ2v) is 6.15. The van der Waals surface area contributed by atoms with Gasteiger partial charge < -0.3 is 0 Å². The minimum atomic E-state index is 0.585. The Balaban J connectivity index is 1.50. The molecule has 1 fully saturated rings. The Bertz CT molecular complexity index is 509. The highest BCUT2D eigenvalue weighted by Crippen LogP contribution is 2.23. The van der Waals surface area contributed by atoms with Crippen molar-refractivity contribution in [1.29, 1.82) is 0 Å². The molecule has 0 saturated carbocycles. The molecule has 0 N–H and O–H groups in total. The molecule has 1 aliphatic heterocycles. The van der Waals surface area contributed by atoms with E-state index >= 15 is 0 Å². The first-order valence-corrected chi connectivity index (χ1v) is 7.38. The van der Waals surface area contributed by atoms with Crippen molar-refractivity contribution in [1.82, 2.24) is 14.7 Å². The summed E-state index contributed by atoms with van der Waals surface area (Å²) in [5.41, 5.74) is 2.42. The van der Waals surface area contributed by atoms with Crippen molar-refractivity contribution in [3.8, 4) is 0 Å². The molecule has 18 heavy (non-hydrogen) atoms. The molecule has 2 aromatic heterocycles. The first-order valence-electron chi connectivity index (χ1n) is 6.50. The maximum Gasteiger partial charge on any atom is 0.0775 e. The van der Waals surface area contributed by atoms with E-state index in [4.69, 9.17) is 0 Å². The van der Waals surface area contributed by atoms with Gasteiger partial charge in [-0.2, -0.15) is 5.10 Å². The second-order valence-electron chi connectivity index (χ2n) is 5.11. The zero-order chi connectivity index (χ0) is 12.5. The van der Waals surface area contributed by atoms with Gasteiger partial charge in [0, 0.05) is 30.2 Å². The lowest BCUT2D eigenvalue weighted by molar-refractivity contribution is 0.0987. The van der Waals surface area contributed by atoms with Gasteiger partial charge in [-0.15, -0.1) is 11.3 Å². The number of nitrogens with zero attached hydrogens (tertiary/aromatic N) is 3. The van der Waals surface area contributed by atoms with Crippen molar-refractivity contribution in [2.75, 3.05) is 19.6 Å². The lowest BCUT2D eigenvalue weighted by Gasteiger charge is -2.39. The third-order valence-electron chi connectivity index (χ3n) is 3.58. The number of thiophene rings is 1. The van der Waals surface area contributed by atoms with Gasteiger partial charge >= 0.3 is 0 Å². The summed E-state index contributed by atoms with van der Waals surface area (Å²) in [6, 6.07) is 7.11. The average molecular weight is 261 g/mol. The molecule has 3 nitrogen and oxygen atoms in total. The van der Waals surface area contributed by atoms with Crippen LogP contribution in [0.15, 0.2) is 23.6 Å². The Morgan fingerprint density at radius 3 is 2.83 bits per heavy atom. The molecule has 1 aliphatic rings. The Hall–Kier alpha value is -1.13. The molecule has 0 unspecified atom stereocenters. The van der Waals surface area contributed by atoms with Crippen LogP contribution in [0.4, 0.5) is 0 Å². The van der Waals surface area contributed by atoms with Gasteiger partial charge in [0.2, 0.25) is 0 Å². The summed E-state index contributed by atoms with van der Waals surface area (Å²) in [6.07, 6.45) is 1.18. The summed E-state index contributed by atoms with van der Waals surface area (Å²) >= 11 is 1.86. The monoisotopic (exact) mass is 261 g/mol. The maximum atomic E-state index is 4.57. The normalized spacial score (nSPS) is 17.0. The number of hydrogen-bond donors (Lipinski definition) is 0. The van der Waals surface area contributed by atoms with Gasteiger partial charge in [0.05, 0.1) is 11.7 Å². The molecule has 0 aromatic carbocycles. The number of hydrogen-bond acceptors (Lipinski definition) is 3. The van der Waals surface area contributed by atoms with Crippen molar-refractivity contribution in [2.45, 2.75) is 26.3 Å². The van der Waals surface area contributed by atoms with E-state index in [1.165, 1.54) is 23.5 Å². The van der Waals surface area contributed by atoms with E-state index in [2.05, 4.69) is 52.1 Å². The minimum Gasteiger partial charge on any atom is -0.299 e. The van der Waals surface area contributed by atoms with E-state index in [0.717, 1.165) is 18.8 Å². The van der Waals surface area contributed by atoms with Crippen LogP contribution < -0.4 is 0 Å². The quantitative estimate of drug-likeness (QED) is 0.843. The van der Waals surface area contributed by atoms with Gasteiger partial charge in [0.25, 0.3) is 0 Å².